The van der Waals surface area contributed by atoms with Crippen molar-refractivity contribution in [2.75, 3.05) is 12.0 Å². The van der Waals surface area contributed by atoms with Crippen LogP contribution in [0.4, 0.5) is 11.4 Å². The summed E-state index contributed by atoms with van der Waals surface area (Å²) in [5.74, 6) is -1.66. The number of methoxy groups -OCH3 is 1. The van der Waals surface area contributed by atoms with Crippen LogP contribution in [-0.2, 0) is 14.3 Å². The fourth-order valence-corrected chi connectivity index (χ4v) is 3.51. The highest BCUT2D eigenvalue weighted by atomic mass is 16.6. The fraction of sp³-hybridized carbons (Fsp3) is 0.333. The summed E-state index contributed by atoms with van der Waals surface area (Å²) >= 11 is 0. The van der Waals surface area contributed by atoms with E-state index in [0.717, 1.165) is 4.90 Å². The summed E-state index contributed by atoms with van der Waals surface area (Å²) in [5, 5.41) is 10.9. The van der Waals surface area contributed by atoms with Crippen LogP contribution in [0.1, 0.15) is 0 Å². The molecule has 3 heterocycles. The van der Waals surface area contributed by atoms with Crippen LogP contribution in [0.2, 0.25) is 0 Å². The van der Waals surface area contributed by atoms with Crippen molar-refractivity contribution in [1.82, 2.24) is 0 Å². The van der Waals surface area contributed by atoms with Gasteiger partial charge in [0, 0.05) is 6.07 Å². The van der Waals surface area contributed by atoms with Gasteiger partial charge in [-0.2, -0.15) is 0 Å². The summed E-state index contributed by atoms with van der Waals surface area (Å²) in [6.45, 7) is 0. The number of rotatable bonds is 3. The van der Waals surface area contributed by atoms with E-state index in [1.165, 1.54) is 25.3 Å². The summed E-state index contributed by atoms with van der Waals surface area (Å²) in [5.41, 5.74) is 0.0526. The van der Waals surface area contributed by atoms with E-state index in [-0.39, 0.29) is 41.1 Å². The maximum atomic E-state index is 12.7. The Hall–Kier alpha value is -2.74. The molecule has 0 saturated carbocycles. The Morgan fingerprint density at radius 3 is 2.30 bits per heavy atom. The summed E-state index contributed by atoms with van der Waals surface area (Å²) in [6, 6.07) is 3.81. The molecule has 0 aliphatic carbocycles. The molecule has 4 rings (SSSR count). The lowest BCUT2D eigenvalue weighted by atomic mass is 9.85. The quantitative estimate of drug-likeness (QED) is 0.358. The van der Waals surface area contributed by atoms with Crippen molar-refractivity contribution in [1.29, 1.82) is 0 Å². The number of carbonyl (C=O) groups is 2. The maximum absolute atomic E-state index is 12.7. The van der Waals surface area contributed by atoms with E-state index in [1.807, 2.05) is 0 Å². The molecule has 8 heteroatoms. The van der Waals surface area contributed by atoms with Gasteiger partial charge < -0.3 is 9.47 Å². The van der Waals surface area contributed by atoms with Crippen LogP contribution in [0.5, 0.6) is 5.75 Å². The van der Waals surface area contributed by atoms with Crippen LogP contribution in [0, 0.1) is 22.0 Å². The van der Waals surface area contributed by atoms with Gasteiger partial charge in [-0.25, -0.2) is 4.90 Å². The minimum absolute atomic E-state index is 0.113. The van der Waals surface area contributed by atoms with Crippen LogP contribution in [0.3, 0.4) is 0 Å². The van der Waals surface area contributed by atoms with Crippen LogP contribution in [0.25, 0.3) is 0 Å². The number of carbonyl (C=O) groups excluding carboxylic acids is 2. The number of amides is 2. The second kappa shape index (κ2) is 4.63. The number of hydrogen-bond acceptors (Lipinski definition) is 6. The number of nitro groups is 1. The van der Waals surface area contributed by atoms with E-state index in [0.29, 0.717) is 0 Å². The normalized spacial score (nSPS) is 30.9. The second-order valence-corrected chi connectivity index (χ2v) is 5.63. The predicted molar refractivity (Wildman–Crippen MR) is 76.9 cm³/mol. The van der Waals surface area contributed by atoms with Crippen molar-refractivity contribution < 1.29 is 24.0 Å². The molecule has 0 unspecified atom stereocenters. The molecule has 8 nitrogen and oxygen atoms in total. The molecule has 1 aromatic rings. The van der Waals surface area contributed by atoms with Crippen LogP contribution in [-0.4, -0.2) is 36.1 Å². The topological polar surface area (TPSA) is 99.0 Å². The van der Waals surface area contributed by atoms with Crippen molar-refractivity contribution in [2.45, 2.75) is 12.2 Å². The molecule has 0 radical (unpaired) electrons. The molecule has 2 saturated heterocycles. The lowest BCUT2D eigenvalue weighted by Gasteiger charge is -2.19. The van der Waals surface area contributed by atoms with Gasteiger partial charge in [-0.1, -0.05) is 12.2 Å². The Kier molecular flexibility index (Phi) is 2.79. The Morgan fingerprint density at radius 2 is 1.78 bits per heavy atom. The first-order chi connectivity index (χ1) is 11.0. The highest BCUT2D eigenvalue weighted by Crippen LogP contribution is 2.47. The average molecular weight is 316 g/mol. The lowest BCUT2D eigenvalue weighted by Crippen LogP contribution is -2.34. The smallest absolute Gasteiger partial charge is 0.273 e. The molecular formula is C15H12N2O6. The monoisotopic (exact) mass is 316 g/mol. The summed E-state index contributed by atoms with van der Waals surface area (Å²) in [7, 11) is 1.34. The molecule has 3 aliphatic rings. The first-order valence-electron chi connectivity index (χ1n) is 7.07. The standard InChI is InChI=1S/C15H12N2O6/c1-22-11-6-7(17(20)21)2-3-8(11)16-14(18)12-9-4-5-10(23-9)13(12)15(16)19/h2-6,9-10,12-13H,1H3/t9-,10+,12-,13-/m0/s1. The lowest BCUT2D eigenvalue weighted by molar-refractivity contribution is -0.384. The third-order valence-corrected chi connectivity index (χ3v) is 4.53. The van der Waals surface area contributed by atoms with Gasteiger partial charge in [-0.05, 0) is 6.07 Å². The molecule has 0 aromatic heterocycles. The molecule has 1 aromatic carbocycles. The van der Waals surface area contributed by atoms with Crippen molar-refractivity contribution in [3.05, 3.63) is 40.5 Å². The zero-order valence-corrected chi connectivity index (χ0v) is 12.0. The number of fused-ring (bicyclic) bond motifs is 5. The number of ether oxygens (including phenoxy) is 2. The predicted octanol–water partition coefficient (Wildman–Crippen LogP) is 1.05. The summed E-state index contributed by atoms with van der Waals surface area (Å²) in [6.07, 6.45) is 2.84. The van der Waals surface area contributed by atoms with Gasteiger partial charge >= 0.3 is 0 Å². The first-order valence-corrected chi connectivity index (χ1v) is 7.07. The van der Waals surface area contributed by atoms with Crippen molar-refractivity contribution in [3.63, 3.8) is 0 Å². The van der Waals surface area contributed by atoms with E-state index >= 15 is 0 Å². The van der Waals surface area contributed by atoms with Crippen molar-refractivity contribution in [3.8, 4) is 5.75 Å². The highest BCUT2D eigenvalue weighted by Gasteiger charge is 2.61. The molecule has 4 atom stereocenters. The van der Waals surface area contributed by atoms with E-state index < -0.39 is 16.8 Å². The van der Waals surface area contributed by atoms with Crippen molar-refractivity contribution >= 4 is 23.2 Å². The number of imide groups is 1. The minimum atomic E-state index is -0.563. The molecule has 3 aliphatic heterocycles. The molecule has 23 heavy (non-hydrogen) atoms. The molecule has 2 amide bonds. The number of benzene rings is 1. The molecule has 0 spiro atoms. The number of non-ortho nitro benzene ring substituents is 1. The Bertz CT molecular complexity index is 743. The Balaban J connectivity index is 1.76. The van der Waals surface area contributed by atoms with E-state index in [9.17, 15) is 19.7 Å². The van der Waals surface area contributed by atoms with Crippen molar-refractivity contribution in [2.24, 2.45) is 11.8 Å². The highest BCUT2D eigenvalue weighted by molar-refractivity contribution is 6.23. The average Bonchev–Trinajstić information content (AvgIpc) is 3.21. The van der Waals surface area contributed by atoms with Gasteiger partial charge in [0.1, 0.15) is 5.75 Å². The molecule has 0 N–H and O–H groups in total. The van der Waals surface area contributed by atoms with Gasteiger partial charge in [-0.3, -0.25) is 19.7 Å². The minimum Gasteiger partial charge on any atom is -0.494 e. The SMILES string of the molecule is COc1cc([N+](=O)[O-])ccc1N1C(=O)[C@@H]2[C@@H](C1=O)[C@H]1C=C[C@@H]2O1. The molecule has 118 valence electrons. The van der Waals surface area contributed by atoms with Crippen LogP contribution in [0.15, 0.2) is 30.4 Å². The Morgan fingerprint density at radius 1 is 1.17 bits per heavy atom. The zero-order valence-electron chi connectivity index (χ0n) is 12.0. The van der Waals surface area contributed by atoms with Gasteiger partial charge in [0.15, 0.2) is 0 Å². The largest absolute Gasteiger partial charge is 0.494 e. The summed E-state index contributed by atoms with van der Waals surface area (Å²) in [4.78, 5) is 36.7. The molecular weight excluding hydrogens is 304 g/mol. The molecule has 2 fully saturated rings. The first kappa shape index (κ1) is 13.9. The molecule has 2 bridgehead atoms. The van der Waals surface area contributed by atoms with E-state index in [2.05, 4.69) is 0 Å². The van der Waals surface area contributed by atoms with E-state index in [1.54, 1.807) is 12.2 Å². The fourth-order valence-electron chi connectivity index (χ4n) is 3.51. The zero-order chi connectivity index (χ0) is 16.3. The number of nitrogens with zero attached hydrogens (tertiary/aromatic N) is 2. The maximum Gasteiger partial charge on any atom is 0.273 e. The third kappa shape index (κ3) is 1.75. The Labute approximate surface area is 130 Å². The number of hydrogen-bond donors (Lipinski definition) is 0. The van der Waals surface area contributed by atoms with Gasteiger partial charge in [0.2, 0.25) is 11.8 Å². The number of nitro benzene ring substituents is 1. The van der Waals surface area contributed by atoms with Gasteiger partial charge in [0.05, 0.1) is 47.8 Å². The second-order valence-electron chi connectivity index (χ2n) is 5.63. The van der Waals surface area contributed by atoms with Crippen LogP contribution >= 0.6 is 0 Å². The van der Waals surface area contributed by atoms with Gasteiger partial charge in [-0.15, -0.1) is 0 Å². The van der Waals surface area contributed by atoms with E-state index in [4.69, 9.17) is 9.47 Å². The number of anilines is 1. The van der Waals surface area contributed by atoms with Gasteiger partial charge in [0.25, 0.3) is 5.69 Å². The van der Waals surface area contributed by atoms with Crippen LogP contribution < -0.4 is 9.64 Å². The third-order valence-electron chi connectivity index (χ3n) is 4.53. The summed E-state index contributed by atoms with van der Waals surface area (Å²) < 4.78 is 10.7.